The van der Waals surface area contributed by atoms with E-state index in [1.807, 2.05) is 0 Å². The molecule has 0 fully saturated rings. The lowest BCUT2D eigenvalue weighted by Gasteiger charge is -2.25. The van der Waals surface area contributed by atoms with E-state index in [0.717, 1.165) is 0 Å². The molecule has 0 aromatic carbocycles. The average Bonchev–Trinajstić information content (AvgIpc) is 1.95. The molecule has 64 valence electrons. The fourth-order valence-electron chi connectivity index (χ4n) is 0.792. The van der Waals surface area contributed by atoms with E-state index in [-0.39, 0.29) is 6.08 Å². The van der Waals surface area contributed by atoms with Crippen molar-refractivity contribution in [3.8, 4) is 0 Å². The molecule has 0 aromatic heterocycles. The minimum atomic E-state index is -3.87. The van der Waals surface area contributed by atoms with Crippen LogP contribution in [0.25, 0.3) is 0 Å². The van der Waals surface area contributed by atoms with E-state index in [1.54, 1.807) is 0 Å². The van der Waals surface area contributed by atoms with Crippen LogP contribution in [0.5, 0.6) is 0 Å². The molecule has 0 spiro atoms. The van der Waals surface area contributed by atoms with Gasteiger partial charge in [0.15, 0.2) is 12.3 Å². The summed E-state index contributed by atoms with van der Waals surface area (Å²) in [6, 6.07) is 0. The first-order valence-corrected chi connectivity index (χ1v) is 2.94. The molecule has 0 saturated carbocycles. The van der Waals surface area contributed by atoms with Crippen molar-refractivity contribution in [2.45, 2.75) is 24.4 Å². The molecule has 0 saturated heterocycles. The largest absolute Gasteiger partial charge is 0.300 e. The Balaban J connectivity index is 2.85. The van der Waals surface area contributed by atoms with Crippen molar-refractivity contribution in [2.24, 2.45) is 0 Å². The molecule has 5 heteroatoms. The number of halogens is 5. The fourth-order valence-corrected chi connectivity index (χ4v) is 0.792. The molecule has 0 aliphatic heterocycles. The zero-order chi connectivity index (χ0) is 8.65. The summed E-state index contributed by atoms with van der Waals surface area (Å²) >= 11 is 0. The molecule has 3 atom stereocenters. The maximum atomic E-state index is 12.2. The second-order valence-corrected chi connectivity index (χ2v) is 2.32. The van der Waals surface area contributed by atoms with E-state index in [4.69, 9.17) is 0 Å². The van der Waals surface area contributed by atoms with E-state index in [2.05, 4.69) is 0 Å². The van der Waals surface area contributed by atoms with Crippen LogP contribution in [0.4, 0.5) is 22.0 Å². The summed E-state index contributed by atoms with van der Waals surface area (Å²) < 4.78 is 60.8. The van der Waals surface area contributed by atoms with E-state index in [1.165, 1.54) is 0 Å². The maximum Gasteiger partial charge on any atom is 0.300 e. The molecular weight excluding hydrogens is 167 g/mol. The smallest absolute Gasteiger partial charge is 0.240 e. The van der Waals surface area contributed by atoms with Gasteiger partial charge in [0.25, 0.3) is 5.92 Å². The second-order valence-electron chi connectivity index (χ2n) is 2.32. The number of hydrogen-bond donors (Lipinski definition) is 0. The van der Waals surface area contributed by atoms with Crippen LogP contribution in [0, 0.1) is 0 Å². The van der Waals surface area contributed by atoms with Crippen molar-refractivity contribution in [1.82, 2.24) is 0 Å². The van der Waals surface area contributed by atoms with Crippen LogP contribution in [0.15, 0.2) is 12.2 Å². The topological polar surface area (TPSA) is 0 Å². The van der Waals surface area contributed by atoms with E-state index in [0.29, 0.717) is 6.08 Å². The summed E-state index contributed by atoms with van der Waals surface area (Å²) in [6.45, 7) is 0. The summed E-state index contributed by atoms with van der Waals surface area (Å²) in [5.74, 6) is -3.87. The minimum absolute atomic E-state index is 0.0540. The number of allylic oxidation sites excluding steroid dienone is 2. The quantitative estimate of drug-likeness (QED) is 0.388. The Morgan fingerprint density at radius 2 is 1.64 bits per heavy atom. The van der Waals surface area contributed by atoms with Crippen molar-refractivity contribution < 1.29 is 22.0 Å². The van der Waals surface area contributed by atoms with Crippen molar-refractivity contribution >= 4 is 0 Å². The molecule has 1 aliphatic rings. The van der Waals surface area contributed by atoms with Crippen molar-refractivity contribution in [1.29, 1.82) is 0 Å². The van der Waals surface area contributed by atoms with Gasteiger partial charge < -0.3 is 0 Å². The van der Waals surface area contributed by atoms with Gasteiger partial charge in [0.2, 0.25) is 6.17 Å². The Morgan fingerprint density at radius 3 is 2.09 bits per heavy atom. The monoisotopic (exact) mass is 172 g/mol. The third-order valence-electron chi connectivity index (χ3n) is 1.45. The Kier molecular flexibility index (Phi) is 1.90. The zero-order valence-electron chi connectivity index (χ0n) is 5.28. The third-order valence-corrected chi connectivity index (χ3v) is 1.45. The lowest BCUT2D eigenvalue weighted by Crippen LogP contribution is -2.43. The van der Waals surface area contributed by atoms with Gasteiger partial charge in [0, 0.05) is 0 Å². The van der Waals surface area contributed by atoms with Gasteiger partial charge in [0.1, 0.15) is 0 Å². The molecule has 11 heavy (non-hydrogen) atoms. The molecule has 0 radical (unpaired) electrons. The lowest BCUT2D eigenvalue weighted by molar-refractivity contribution is -0.0811. The summed E-state index contributed by atoms with van der Waals surface area (Å²) in [4.78, 5) is 0. The summed E-state index contributed by atoms with van der Waals surface area (Å²) in [7, 11) is 0. The molecule has 3 unspecified atom stereocenters. The first-order chi connectivity index (χ1) is 4.95. The first kappa shape index (κ1) is 8.49. The lowest BCUT2D eigenvalue weighted by atomic mass is 9.99. The standard InChI is InChI=1S/C6H5F5/c7-3-1-2-6(10,11)5(9)4(3)8/h1-5H. The molecule has 0 heterocycles. The van der Waals surface area contributed by atoms with E-state index < -0.39 is 24.4 Å². The fraction of sp³-hybridized carbons (Fsp3) is 0.667. The molecule has 0 bridgehead atoms. The Bertz CT molecular complexity index is 176. The summed E-state index contributed by atoms with van der Waals surface area (Å²) in [6.07, 6.45) is -7.69. The van der Waals surface area contributed by atoms with Gasteiger partial charge in [-0.25, -0.2) is 13.2 Å². The van der Waals surface area contributed by atoms with Crippen LogP contribution in [0.3, 0.4) is 0 Å². The Hall–Kier alpha value is -0.610. The van der Waals surface area contributed by atoms with Crippen LogP contribution < -0.4 is 0 Å². The molecule has 0 N–H and O–H groups in total. The van der Waals surface area contributed by atoms with E-state index >= 15 is 0 Å². The molecule has 1 rings (SSSR count). The van der Waals surface area contributed by atoms with Gasteiger partial charge in [-0.2, -0.15) is 8.78 Å². The van der Waals surface area contributed by atoms with Crippen LogP contribution in [0.1, 0.15) is 0 Å². The van der Waals surface area contributed by atoms with Gasteiger partial charge in [-0.05, 0) is 12.2 Å². The zero-order valence-corrected chi connectivity index (χ0v) is 5.28. The van der Waals surface area contributed by atoms with E-state index in [9.17, 15) is 22.0 Å². The Labute approximate surface area is 59.7 Å². The number of rotatable bonds is 0. The summed E-state index contributed by atoms with van der Waals surface area (Å²) in [5, 5.41) is 0. The van der Waals surface area contributed by atoms with Crippen LogP contribution in [-0.4, -0.2) is 24.4 Å². The van der Waals surface area contributed by atoms with Crippen LogP contribution in [-0.2, 0) is 0 Å². The van der Waals surface area contributed by atoms with Crippen LogP contribution in [0.2, 0.25) is 0 Å². The molecule has 0 nitrogen and oxygen atoms in total. The van der Waals surface area contributed by atoms with Gasteiger partial charge in [-0.1, -0.05) is 0 Å². The van der Waals surface area contributed by atoms with Gasteiger partial charge in [0.05, 0.1) is 0 Å². The number of alkyl halides is 5. The normalized spacial score (nSPS) is 42.5. The average molecular weight is 172 g/mol. The highest BCUT2D eigenvalue weighted by Crippen LogP contribution is 2.33. The molecular formula is C6H5F5. The SMILES string of the molecule is FC1C=CC(F)(F)C(F)C1F. The van der Waals surface area contributed by atoms with Crippen LogP contribution >= 0.6 is 0 Å². The van der Waals surface area contributed by atoms with Gasteiger partial charge in [-0.3, -0.25) is 0 Å². The molecule has 0 aromatic rings. The Morgan fingerprint density at radius 1 is 1.09 bits per heavy atom. The molecule has 1 aliphatic carbocycles. The molecule has 0 amide bonds. The predicted molar refractivity (Wildman–Crippen MR) is 28.8 cm³/mol. The van der Waals surface area contributed by atoms with Crippen molar-refractivity contribution in [3.63, 3.8) is 0 Å². The summed E-state index contributed by atoms with van der Waals surface area (Å²) in [5.41, 5.74) is 0. The first-order valence-electron chi connectivity index (χ1n) is 2.94. The predicted octanol–water partition coefficient (Wildman–Crippen LogP) is 2.21. The highest BCUT2D eigenvalue weighted by atomic mass is 19.3. The van der Waals surface area contributed by atoms with Gasteiger partial charge >= 0.3 is 0 Å². The minimum Gasteiger partial charge on any atom is -0.240 e. The maximum absolute atomic E-state index is 12.2. The highest BCUT2D eigenvalue weighted by Gasteiger charge is 2.49. The second kappa shape index (κ2) is 2.46. The highest BCUT2D eigenvalue weighted by molar-refractivity contribution is 5.12. The van der Waals surface area contributed by atoms with Crippen molar-refractivity contribution in [2.75, 3.05) is 0 Å². The third kappa shape index (κ3) is 1.36. The van der Waals surface area contributed by atoms with Gasteiger partial charge in [-0.15, -0.1) is 0 Å². The number of hydrogen-bond acceptors (Lipinski definition) is 0. The van der Waals surface area contributed by atoms with Crippen molar-refractivity contribution in [3.05, 3.63) is 12.2 Å².